The van der Waals surface area contributed by atoms with Crippen molar-refractivity contribution in [2.45, 2.75) is 26.3 Å². The van der Waals surface area contributed by atoms with Crippen molar-refractivity contribution in [2.24, 2.45) is 5.73 Å². The number of ether oxygens (including phenoxy) is 1. The van der Waals surface area contributed by atoms with E-state index in [1.165, 1.54) is 23.6 Å². The summed E-state index contributed by atoms with van der Waals surface area (Å²) >= 11 is 1.71. The lowest BCUT2D eigenvalue weighted by Gasteiger charge is -2.10. The summed E-state index contributed by atoms with van der Waals surface area (Å²) in [6, 6.07) is 7.01. The Bertz CT molecular complexity index is 560. The van der Waals surface area contributed by atoms with Crippen LogP contribution >= 0.6 is 11.3 Å². The summed E-state index contributed by atoms with van der Waals surface area (Å²) in [6.07, 6.45) is 0.625. The Morgan fingerprint density at radius 1 is 1.32 bits per heavy atom. The molecule has 2 aromatic rings. The largest absolute Gasteiger partial charge is 0.494 e. The lowest BCUT2D eigenvalue weighted by atomic mass is 10.0. The molecule has 1 aromatic heterocycles. The van der Waals surface area contributed by atoms with Gasteiger partial charge in [-0.25, -0.2) is 4.39 Å². The zero-order valence-electron chi connectivity index (χ0n) is 11.4. The third kappa shape index (κ3) is 3.14. The topological polar surface area (TPSA) is 35.2 Å². The van der Waals surface area contributed by atoms with Gasteiger partial charge in [-0.15, -0.1) is 11.3 Å². The molecule has 2 nitrogen and oxygen atoms in total. The Balaban J connectivity index is 2.14. The Kier molecular flexibility index (Phi) is 4.22. The molecule has 0 bridgehead atoms. The van der Waals surface area contributed by atoms with Crippen LogP contribution in [-0.4, -0.2) is 7.11 Å². The molecule has 102 valence electrons. The molecule has 0 radical (unpaired) electrons. The molecular formula is C15H18FNOS. The van der Waals surface area contributed by atoms with Gasteiger partial charge < -0.3 is 10.5 Å². The second kappa shape index (κ2) is 5.72. The molecule has 1 unspecified atom stereocenters. The first kappa shape index (κ1) is 14.0. The van der Waals surface area contributed by atoms with Gasteiger partial charge in [0.1, 0.15) is 0 Å². The second-order valence-corrected chi connectivity index (χ2v) is 5.96. The molecule has 2 rings (SSSR count). The van der Waals surface area contributed by atoms with Gasteiger partial charge >= 0.3 is 0 Å². The van der Waals surface area contributed by atoms with Crippen LogP contribution < -0.4 is 10.5 Å². The van der Waals surface area contributed by atoms with Crippen LogP contribution in [0.5, 0.6) is 5.75 Å². The summed E-state index contributed by atoms with van der Waals surface area (Å²) in [5, 5.41) is 0. The first-order chi connectivity index (χ1) is 9.01. The Labute approximate surface area is 117 Å². The fourth-order valence-electron chi connectivity index (χ4n) is 1.98. The lowest BCUT2D eigenvalue weighted by molar-refractivity contribution is 0.386. The van der Waals surface area contributed by atoms with Crippen LogP contribution in [0.2, 0.25) is 0 Å². The molecule has 1 heterocycles. The first-order valence-electron chi connectivity index (χ1n) is 6.16. The van der Waals surface area contributed by atoms with E-state index in [9.17, 15) is 4.39 Å². The van der Waals surface area contributed by atoms with Gasteiger partial charge in [-0.3, -0.25) is 0 Å². The van der Waals surface area contributed by atoms with E-state index in [1.807, 2.05) is 6.07 Å². The van der Waals surface area contributed by atoms with E-state index in [-0.39, 0.29) is 17.6 Å². The summed E-state index contributed by atoms with van der Waals surface area (Å²) < 4.78 is 18.5. The van der Waals surface area contributed by atoms with Crippen molar-refractivity contribution in [1.82, 2.24) is 0 Å². The molecule has 0 saturated carbocycles. The standard InChI is InChI=1S/C15H18FNOS/c1-9-6-15(19-10(9)2)13(17)8-11-4-5-14(18-3)12(16)7-11/h4-7,13H,8,17H2,1-3H3. The minimum absolute atomic E-state index is 0.0924. The minimum Gasteiger partial charge on any atom is -0.494 e. The van der Waals surface area contributed by atoms with E-state index >= 15 is 0 Å². The predicted molar refractivity (Wildman–Crippen MR) is 77.4 cm³/mol. The fraction of sp³-hybridized carbons (Fsp3) is 0.333. The van der Waals surface area contributed by atoms with Crippen LogP contribution in [0, 0.1) is 19.7 Å². The van der Waals surface area contributed by atoms with E-state index in [4.69, 9.17) is 10.5 Å². The molecule has 0 aliphatic carbocycles. The Hall–Kier alpha value is -1.39. The van der Waals surface area contributed by atoms with Gasteiger partial charge in [-0.2, -0.15) is 0 Å². The highest BCUT2D eigenvalue weighted by molar-refractivity contribution is 7.12. The molecule has 1 atom stereocenters. The number of aryl methyl sites for hydroxylation is 2. The van der Waals surface area contributed by atoms with Crippen molar-refractivity contribution < 1.29 is 9.13 Å². The van der Waals surface area contributed by atoms with E-state index in [0.29, 0.717) is 6.42 Å². The maximum atomic E-state index is 13.6. The number of hydrogen-bond donors (Lipinski definition) is 1. The van der Waals surface area contributed by atoms with Crippen LogP contribution in [0.1, 0.15) is 26.9 Å². The normalized spacial score (nSPS) is 12.5. The Morgan fingerprint density at radius 3 is 2.58 bits per heavy atom. The lowest BCUT2D eigenvalue weighted by Crippen LogP contribution is -2.12. The van der Waals surface area contributed by atoms with Gasteiger partial charge in [0.15, 0.2) is 11.6 Å². The molecular weight excluding hydrogens is 261 g/mol. The number of benzene rings is 1. The van der Waals surface area contributed by atoms with Crippen molar-refractivity contribution >= 4 is 11.3 Å². The predicted octanol–water partition coefficient (Wildman–Crippen LogP) is 3.76. The van der Waals surface area contributed by atoms with E-state index in [2.05, 4.69) is 19.9 Å². The quantitative estimate of drug-likeness (QED) is 0.925. The third-order valence-corrected chi connectivity index (χ3v) is 4.51. The number of halogens is 1. The van der Waals surface area contributed by atoms with Gasteiger partial charge in [-0.05, 0) is 49.6 Å². The molecule has 19 heavy (non-hydrogen) atoms. The first-order valence-corrected chi connectivity index (χ1v) is 6.98. The van der Waals surface area contributed by atoms with Gasteiger partial charge in [0.2, 0.25) is 0 Å². The highest BCUT2D eigenvalue weighted by Gasteiger charge is 2.12. The van der Waals surface area contributed by atoms with Crippen LogP contribution in [0.15, 0.2) is 24.3 Å². The fourth-order valence-corrected chi connectivity index (χ4v) is 3.02. The Morgan fingerprint density at radius 2 is 2.05 bits per heavy atom. The van der Waals surface area contributed by atoms with Crippen LogP contribution in [0.25, 0.3) is 0 Å². The number of nitrogens with two attached hydrogens (primary N) is 1. The van der Waals surface area contributed by atoms with Crippen LogP contribution in [-0.2, 0) is 6.42 Å². The molecule has 1 aromatic carbocycles. The molecule has 0 spiro atoms. The molecule has 0 aliphatic heterocycles. The van der Waals surface area contributed by atoms with E-state index in [1.54, 1.807) is 17.4 Å². The molecule has 0 amide bonds. The van der Waals surface area contributed by atoms with Crippen molar-refractivity contribution in [1.29, 1.82) is 0 Å². The van der Waals surface area contributed by atoms with E-state index < -0.39 is 0 Å². The maximum absolute atomic E-state index is 13.6. The summed E-state index contributed by atoms with van der Waals surface area (Å²) in [5.41, 5.74) is 8.33. The van der Waals surface area contributed by atoms with Crippen molar-refractivity contribution in [3.8, 4) is 5.75 Å². The van der Waals surface area contributed by atoms with Gasteiger partial charge in [0.05, 0.1) is 7.11 Å². The van der Waals surface area contributed by atoms with Crippen molar-refractivity contribution in [3.05, 3.63) is 51.0 Å². The number of rotatable bonds is 4. The molecule has 0 aliphatic rings. The SMILES string of the molecule is COc1ccc(CC(N)c2cc(C)c(C)s2)cc1F. The highest BCUT2D eigenvalue weighted by Crippen LogP contribution is 2.28. The zero-order valence-corrected chi connectivity index (χ0v) is 12.2. The van der Waals surface area contributed by atoms with E-state index in [0.717, 1.165) is 10.4 Å². The smallest absolute Gasteiger partial charge is 0.165 e. The summed E-state index contributed by atoms with van der Waals surface area (Å²) in [5.74, 6) is -0.0779. The minimum atomic E-state index is -0.342. The van der Waals surface area contributed by atoms with Crippen molar-refractivity contribution in [2.75, 3.05) is 7.11 Å². The van der Waals surface area contributed by atoms with Crippen LogP contribution in [0.3, 0.4) is 0 Å². The molecule has 0 fully saturated rings. The number of methoxy groups -OCH3 is 1. The molecule has 0 saturated heterocycles. The average molecular weight is 279 g/mol. The molecule has 4 heteroatoms. The monoisotopic (exact) mass is 279 g/mol. The highest BCUT2D eigenvalue weighted by atomic mass is 32.1. The van der Waals surface area contributed by atoms with Gasteiger partial charge in [0.25, 0.3) is 0 Å². The summed E-state index contributed by atoms with van der Waals surface area (Å²) in [6.45, 7) is 4.17. The van der Waals surface area contributed by atoms with Gasteiger partial charge in [-0.1, -0.05) is 6.07 Å². The van der Waals surface area contributed by atoms with Crippen LogP contribution in [0.4, 0.5) is 4.39 Å². The third-order valence-electron chi connectivity index (χ3n) is 3.22. The second-order valence-electron chi connectivity index (χ2n) is 4.67. The zero-order chi connectivity index (χ0) is 14.0. The number of thiophene rings is 1. The average Bonchev–Trinajstić information content (AvgIpc) is 2.70. The maximum Gasteiger partial charge on any atom is 0.165 e. The summed E-state index contributed by atoms with van der Waals surface area (Å²) in [7, 11) is 1.46. The number of hydrogen-bond acceptors (Lipinski definition) is 3. The summed E-state index contributed by atoms with van der Waals surface area (Å²) in [4.78, 5) is 2.43. The molecule has 2 N–H and O–H groups in total. The van der Waals surface area contributed by atoms with Gasteiger partial charge in [0, 0.05) is 15.8 Å². The van der Waals surface area contributed by atoms with Crippen molar-refractivity contribution in [3.63, 3.8) is 0 Å².